The van der Waals surface area contributed by atoms with Crippen LogP contribution in [0.1, 0.15) is 245 Å². The van der Waals surface area contributed by atoms with Crippen LogP contribution in [0, 0.1) is 0 Å². The summed E-state index contributed by atoms with van der Waals surface area (Å²) in [6, 6.07) is -0.615. The number of carbonyl (C=O) groups excluding carboxylic acids is 1. The van der Waals surface area contributed by atoms with E-state index in [4.69, 9.17) is 0 Å². The lowest BCUT2D eigenvalue weighted by Gasteiger charge is -2.20. The van der Waals surface area contributed by atoms with Gasteiger partial charge in [-0.3, -0.25) is 4.79 Å². The molecular weight excluding hydrogens is 590 g/mol. The lowest BCUT2D eigenvalue weighted by Crippen LogP contribution is -2.45. The van der Waals surface area contributed by atoms with Crippen LogP contribution in [-0.2, 0) is 4.79 Å². The van der Waals surface area contributed by atoms with Crippen molar-refractivity contribution in [1.29, 1.82) is 0 Å². The molecule has 0 radical (unpaired) electrons. The third kappa shape index (κ3) is 36.4. The molecule has 0 aromatic heterocycles. The van der Waals surface area contributed by atoms with Crippen LogP contribution in [0.2, 0.25) is 0 Å². The molecule has 286 valence electrons. The highest BCUT2D eigenvalue weighted by Gasteiger charge is 2.17. The summed E-state index contributed by atoms with van der Waals surface area (Å²) in [4.78, 5) is 12.4. The minimum Gasteiger partial charge on any atom is -0.394 e. The number of aliphatic hydroxyl groups excluding tert-OH is 2. The molecule has 0 aliphatic carbocycles. The number of carbonyl (C=O) groups is 1. The van der Waals surface area contributed by atoms with Crippen LogP contribution in [0.25, 0.3) is 0 Å². The molecule has 0 saturated heterocycles. The largest absolute Gasteiger partial charge is 0.394 e. The van der Waals surface area contributed by atoms with Gasteiger partial charge in [-0.2, -0.15) is 0 Å². The SMILES string of the molecule is CCCCCCCCCCCCC/C=C/C(O)C(CO)NC(=O)CCCCCCCCCCCCCCCCCCCCCCCCC. The number of aliphatic hydroxyl groups is 2. The van der Waals surface area contributed by atoms with E-state index in [2.05, 4.69) is 19.2 Å². The number of hydrogen-bond donors (Lipinski definition) is 3. The van der Waals surface area contributed by atoms with E-state index in [-0.39, 0.29) is 12.5 Å². The maximum atomic E-state index is 12.4. The first-order valence-electron chi connectivity index (χ1n) is 21.9. The van der Waals surface area contributed by atoms with Crippen LogP contribution in [0.4, 0.5) is 0 Å². The fourth-order valence-electron chi connectivity index (χ4n) is 6.89. The molecule has 4 nitrogen and oxygen atoms in total. The van der Waals surface area contributed by atoms with Crippen molar-refractivity contribution in [3.05, 3.63) is 12.2 Å². The molecule has 1 amide bonds. The van der Waals surface area contributed by atoms with Crippen LogP contribution in [-0.4, -0.2) is 34.9 Å². The summed E-state index contributed by atoms with van der Waals surface area (Å²) in [5.74, 6) is -0.0599. The Labute approximate surface area is 301 Å². The molecular formula is C44H87NO3. The average Bonchev–Trinajstić information content (AvgIpc) is 3.09. The van der Waals surface area contributed by atoms with Crippen LogP contribution in [0.15, 0.2) is 12.2 Å². The molecule has 0 aliphatic rings. The van der Waals surface area contributed by atoms with Crippen molar-refractivity contribution in [2.45, 2.75) is 257 Å². The van der Waals surface area contributed by atoms with Gasteiger partial charge in [-0.15, -0.1) is 0 Å². The molecule has 2 unspecified atom stereocenters. The summed E-state index contributed by atoms with van der Waals surface area (Å²) >= 11 is 0. The topological polar surface area (TPSA) is 69.6 Å². The maximum absolute atomic E-state index is 12.4. The molecule has 0 aromatic carbocycles. The zero-order valence-corrected chi connectivity index (χ0v) is 32.8. The third-order valence-corrected chi connectivity index (χ3v) is 10.3. The molecule has 0 aromatic rings. The Balaban J connectivity index is 3.48. The zero-order valence-electron chi connectivity index (χ0n) is 32.8. The van der Waals surface area contributed by atoms with E-state index >= 15 is 0 Å². The number of nitrogens with one attached hydrogen (secondary N) is 1. The van der Waals surface area contributed by atoms with Crippen LogP contribution < -0.4 is 5.32 Å². The van der Waals surface area contributed by atoms with Crippen LogP contribution in [0.3, 0.4) is 0 Å². The Bertz CT molecular complexity index is 651. The normalized spacial score (nSPS) is 13.0. The highest BCUT2D eigenvalue weighted by Crippen LogP contribution is 2.16. The summed E-state index contributed by atoms with van der Waals surface area (Å²) in [6.45, 7) is 4.32. The molecule has 4 heteroatoms. The number of unbranched alkanes of at least 4 members (excludes halogenated alkanes) is 33. The molecule has 0 spiro atoms. The predicted molar refractivity (Wildman–Crippen MR) is 212 cm³/mol. The van der Waals surface area contributed by atoms with Crippen molar-refractivity contribution in [3.8, 4) is 0 Å². The minimum absolute atomic E-state index is 0.0599. The second kappa shape index (κ2) is 40.6. The Morgan fingerprint density at radius 1 is 0.479 bits per heavy atom. The van der Waals surface area contributed by atoms with E-state index in [9.17, 15) is 15.0 Å². The Hall–Kier alpha value is -0.870. The van der Waals surface area contributed by atoms with Gasteiger partial charge in [-0.05, 0) is 19.3 Å². The summed E-state index contributed by atoms with van der Waals surface area (Å²) in [5, 5.41) is 23.0. The van der Waals surface area contributed by atoms with Crippen molar-refractivity contribution in [1.82, 2.24) is 5.32 Å². The van der Waals surface area contributed by atoms with Crippen molar-refractivity contribution < 1.29 is 15.0 Å². The van der Waals surface area contributed by atoms with Gasteiger partial charge in [0, 0.05) is 6.42 Å². The molecule has 3 N–H and O–H groups in total. The van der Waals surface area contributed by atoms with E-state index < -0.39 is 12.1 Å². The van der Waals surface area contributed by atoms with E-state index in [1.54, 1.807) is 6.08 Å². The van der Waals surface area contributed by atoms with Crippen molar-refractivity contribution in [2.75, 3.05) is 6.61 Å². The Morgan fingerprint density at radius 2 is 0.771 bits per heavy atom. The number of rotatable bonds is 40. The monoisotopic (exact) mass is 678 g/mol. The van der Waals surface area contributed by atoms with E-state index in [1.165, 1.54) is 199 Å². The average molecular weight is 678 g/mol. The van der Waals surface area contributed by atoms with Gasteiger partial charge in [0.05, 0.1) is 18.8 Å². The van der Waals surface area contributed by atoms with E-state index in [0.29, 0.717) is 6.42 Å². The molecule has 0 heterocycles. The second-order valence-corrected chi connectivity index (χ2v) is 15.1. The Kier molecular flexibility index (Phi) is 39.8. The fourth-order valence-corrected chi connectivity index (χ4v) is 6.89. The first kappa shape index (κ1) is 47.1. The molecule has 2 atom stereocenters. The lowest BCUT2D eigenvalue weighted by molar-refractivity contribution is -0.123. The molecule has 0 fully saturated rings. The molecule has 0 aliphatic heterocycles. The van der Waals surface area contributed by atoms with Crippen LogP contribution >= 0.6 is 0 Å². The highest BCUT2D eigenvalue weighted by atomic mass is 16.3. The third-order valence-electron chi connectivity index (χ3n) is 10.3. The number of hydrogen-bond acceptors (Lipinski definition) is 3. The predicted octanol–water partition coefficient (Wildman–Crippen LogP) is 13.5. The van der Waals surface area contributed by atoms with Gasteiger partial charge < -0.3 is 15.5 Å². The van der Waals surface area contributed by atoms with Crippen molar-refractivity contribution >= 4 is 5.91 Å². The number of amides is 1. The molecule has 0 saturated carbocycles. The summed E-state index contributed by atoms with van der Waals surface area (Å²) in [6.07, 6.45) is 50.4. The molecule has 48 heavy (non-hydrogen) atoms. The Morgan fingerprint density at radius 3 is 1.08 bits per heavy atom. The molecule has 0 rings (SSSR count). The fraction of sp³-hybridized carbons (Fsp3) is 0.932. The summed E-state index contributed by atoms with van der Waals surface area (Å²) < 4.78 is 0. The number of allylic oxidation sites excluding steroid dienone is 1. The van der Waals surface area contributed by atoms with E-state index in [1.807, 2.05) is 6.08 Å². The molecule has 0 bridgehead atoms. The smallest absolute Gasteiger partial charge is 0.220 e. The van der Waals surface area contributed by atoms with Gasteiger partial charge in [0.25, 0.3) is 0 Å². The van der Waals surface area contributed by atoms with Gasteiger partial charge >= 0.3 is 0 Å². The van der Waals surface area contributed by atoms with Gasteiger partial charge in [-0.25, -0.2) is 0 Å². The maximum Gasteiger partial charge on any atom is 0.220 e. The first-order valence-corrected chi connectivity index (χ1v) is 21.9. The summed E-state index contributed by atoms with van der Waals surface area (Å²) in [5.41, 5.74) is 0. The second-order valence-electron chi connectivity index (χ2n) is 15.1. The lowest BCUT2D eigenvalue weighted by atomic mass is 10.0. The summed E-state index contributed by atoms with van der Waals surface area (Å²) in [7, 11) is 0. The van der Waals surface area contributed by atoms with Crippen molar-refractivity contribution in [2.24, 2.45) is 0 Å². The van der Waals surface area contributed by atoms with Crippen LogP contribution in [0.5, 0.6) is 0 Å². The first-order chi connectivity index (χ1) is 23.7. The zero-order chi connectivity index (χ0) is 35.0. The minimum atomic E-state index is -0.832. The highest BCUT2D eigenvalue weighted by molar-refractivity contribution is 5.76. The van der Waals surface area contributed by atoms with Gasteiger partial charge in [-0.1, -0.05) is 231 Å². The van der Waals surface area contributed by atoms with Gasteiger partial charge in [0.15, 0.2) is 0 Å². The van der Waals surface area contributed by atoms with Gasteiger partial charge in [0.2, 0.25) is 5.91 Å². The van der Waals surface area contributed by atoms with Gasteiger partial charge in [0.1, 0.15) is 0 Å². The van der Waals surface area contributed by atoms with Crippen molar-refractivity contribution in [3.63, 3.8) is 0 Å². The standard InChI is InChI=1S/C44H87NO3/c1-3-5-7-9-11-13-15-17-18-19-20-21-22-23-24-25-26-28-30-32-34-36-38-40-44(48)45-42(41-46)43(47)39-37-35-33-31-29-27-16-14-12-10-8-6-4-2/h37,39,42-43,46-47H,3-36,38,40-41H2,1-2H3,(H,45,48)/b39-37+. The quantitative estimate of drug-likeness (QED) is 0.0446. The van der Waals surface area contributed by atoms with E-state index in [0.717, 1.165) is 25.7 Å².